The number of carbonyl (C=O) groups is 1. The zero-order valence-corrected chi connectivity index (χ0v) is 10.2. The van der Waals surface area contributed by atoms with Gasteiger partial charge in [-0.15, -0.1) is 0 Å². The van der Waals surface area contributed by atoms with Gasteiger partial charge < -0.3 is 5.32 Å². The van der Waals surface area contributed by atoms with Gasteiger partial charge in [0.15, 0.2) is 0 Å². The summed E-state index contributed by atoms with van der Waals surface area (Å²) in [5.41, 5.74) is 0.601. The summed E-state index contributed by atoms with van der Waals surface area (Å²) in [4.78, 5) is 11.9. The molecule has 2 aromatic rings. The van der Waals surface area contributed by atoms with E-state index in [4.69, 9.17) is 0 Å². The second-order valence-corrected chi connectivity index (χ2v) is 4.13. The highest BCUT2D eigenvalue weighted by atomic mass is 79.9. The molecule has 0 aliphatic heterocycles. The van der Waals surface area contributed by atoms with Crippen molar-refractivity contribution >= 4 is 27.7 Å². The predicted octanol–water partition coefficient (Wildman–Crippen LogP) is 2.43. The third kappa shape index (κ3) is 2.14. The molecule has 1 amide bonds. The third-order valence-corrected chi connectivity index (χ3v) is 2.87. The number of carbonyl (C=O) groups excluding carboxylic acids is 1. The third-order valence-electron chi connectivity index (χ3n) is 2.18. The molecule has 82 valence electrons. The summed E-state index contributed by atoms with van der Waals surface area (Å²) >= 11 is 3.34. The van der Waals surface area contributed by atoms with Crippen LogP contribution in [0.1, 0.15) is 10.4 Å². The Balaban J connectivity index is 2.22. The number of hydrogen-bond donors (Lipinski definition) is 1. The number of nitrogens with one attached hydrogen (secondary N) is 1. The first-order chi connectivity index (χ1) is 7.68. The Morgan fingerprint density at radius 1 is 1.38 bits per heavy atom. The van der Waals surface area contributed by atoms with Crippen molar-refractivity contribution in [3.8, 4) is 0 Å². The van der Waals surface area contributed by atoms with Gasteiger partial charge in [-0.2, -0.15) is 5.10 Å². The Morgan fingerprint density at radius 3 is 2.75 bits per heavy atom. The molecule has 1 aromatic heterocycles. The Labute approximate surface area is 101 Å². The average molecular weight is 280 g/mol. The maximum absolute atomic E-state index is 11.9. The van der Waals surface area contributed by atoms with E-state index in [1.54, 1.807) is 30.1 Å². The minimum Gasteiger partial charge on any atom is -0.307 e. The Bertz CT molecular complexity index is 521. The quantitative estimate of drug-likeness (QED) is 0.918. The summed E-state index contributed by atoms with van der Waals surface area (Å²) in [7, 11) is 1.77. The van der Waals surface area contributed by atoms with Gasteiger partial charge in [0, 0.05) is 17.6 Å². The molecule has 5 heteroatoms. The van der Waals surface area contributed by atoms with Gasteiger partial charge in [0.1, 0.15) is 5.82 Å². The highest BCUT2D eigenvalue weighted by Crippen LogP contribution is 2.17. The smallest absolute Gasteiger partial charge is 0.257 e. The molecule has 1 heterocycles. The molecule has 1 aromatic carbocycles. The molecule has 2 rings (SSSR count). The van der Waals surface area contributed by atoms with Crippen LogP contribution in [0.2, 0.25) is 0 Å². The Hall–Kier alpha value is -1.62. The molecule has 0 bridgehead atoms. The molecule has 0 aliphatic rings. The fourth-order valence-corrected chi connectivity index (χ4v) is 1.79. The fraction of sp³-hybridized carbons (Fsp3) is 0.0909. The largest absolute Gasteiger partial charge is 0.307 e. The van der Waals surface area contributed by atoms with Crippen molar-refractivity contribution < 1.29 is 4.79 Å². The molecule has 0 radical (unpaired) electrons. The lowest BCUT2D eigenvalue weighted by molar-refractivity contribution is 0.102. The lowest BCUT2D eigenvalue weighted by atomic mass is 10.2. The normalized spacial score (nSPS) is 10.1. The lowest BCUT2D eigenvalue weighted by Gasteiger charge is -2.06. The molecule has 0 fully saturated rings. The fourth-order valence-electron chi connectivity index (χ4n) is 1.33. The number of aromatic nitrogens is 2. The first-order valence-electron chi connectivity index (χ1n) is 4.72. The summed E-state index contributed by atoms with van der Waals surface area (Å²) in [5, 5.41) is 6.75. The van der Waals surface area contributed by atoms with Crippen LogP contribution in [-0.2, 0) is 7.05 Å². The van der Waals surface area contributed by atoms with E-state index in [-0.39, 0.29) is 5.91 Å². The van der Waals surface area contributed by atoms with Gasteiger partial charge in [-0.25, -0.2) is 0 Å². The van der Waals surface area contributed by atoms with E-state index in [1.807, 2.05) is 18.2 Å². The van der Waals surface area contributed by atoms with E-state index in [0.717, 1.165) is 4.47 Å². The molecule has 0 spiro atoms. The van der Waals surface area contributed by atoms with E-state index in [2.05, 4.69) is 26.3 Å². The summed E-state index contributed by atoms with van der Waals surface area (Å²) in [6, 6.07) is 9.02. The first-order valence-corrected chi connectivity index (χ1v) is 5.51. The number of aryl methyl sites for hydroxylation is 1. The molecule has 0 aliphatic carbocycles. The van der Waals surface area contributed by atoms with Crippen LogP contribution in [0, 0.1) is 0 Å². The maximum Gasteiger partial charge on any atom is 0.257 e. The predicted molar refractivity (Wildman–Crippen MR) is 65.3 cm³/mol. The van der Waals surface area contributed by atoms with E-state index >= 15 is 0 Å². The average Bonchev–Trinajstić information content (AvgIpc) is 2.65. The number of halogens is 1. The zero-order chi connectivity index (χ0) is 11.5. The topological polar surface area (TPSA) is 46.9 Å². The minimum absolute atomic E-state index is 0.156. The van der Waals surface area contributed by atoms with Crippen LogP contribution in [0.25, 0.3) is 0 Å². The van der Waals surface area contributed by atoms with Gasteiger partial charge in [0.25, 0.3) is 5.91 Å². The van der Waals surface area contributed by atoms with E-state index in [1.165, 1.54) is 0 Å². The zero-order valence-electron chi connectivity index (χ0n) is 8.64. The van der Waals surface area contributed by atoms with Gasteiger partial charge in [-0.3, -0.25) is 9.48 Å². The molecule has 0 unspecified atom stereocenters. The van der Waals surface area contributed by atoms with Gasteiger partial charge in [0.05, 0.1) is 11.8 Å². The molecule has 0 saturated heterocycles. The number of hydrogen-bond acceptors (Lipinski definition) is 2. The Morgan fingerprint density at radius 2 is 2.12 bits per heavy atom. The summed E-state index contributed by atoms with van der Waals surface area (Å²) in [5.74, 6) is 0.511. The highest BCUT2D eigenvalue weighted by Gasteiger charge is 2.10. The monoisotopic (exact) mass is 279 g/mol. The van der Waals surface area contributed by atoms with Crippen LogP contribution in [0.15, 0.2) is 41.0 Å². The maximum atomic E-state index is 11.9. The van der Waals surface area contributed by atoms with E-state index in [9.17, 15) is 4.79 Å². The molecule has 1 N–H and O–H groups in total. The Kier molecular flexibility index (Phi) is 3.05. The van der Waals surface area contributed by atoms with E-state index in [0.29, 0.717) is 11.4 Å². The van der Waals surface area contributed by atoms with Gasteiger partial charge >= 0.3 is 0 Å². The summed E-state index contributed by atoms with van der Waals surface area (Å²) < 4.78 is 2.38. The van der Waals surface area contributed by atoms with Crippen LogP contribution in [-0.4, -0.2) is 15.7 Å². The second kappa shape index (κ2) is 4.49. The molecule has 4 nitrogen and oxygen atoms in total. The van der Waals surface area contributed by atoms with Crippen molar-refractivity contribution in [2.45, 2.75) is 0 Å². The molecular weight excluding hydrogens is 270 g/mol. The second-order valence-electron chi connectivity index (χ2n) is 3.27. The van der Waals surface area contributed by atoms with Crippen LogP contribution < -0.4 is 5.32 Å². The number of anilines is 1. The SMILES string of the molecule is Cn1nccc1NC(=O)c1ccccc1Br. The minimum atomic E-state index is -0.156. The number of rotatable bonds is 2. The molecule has 0 atom stereocenters. The van der Waals surface area contributed by atoms with Crippen molar-refractivity contribution in [1.29, 1.82) is 0 Å². The molecule has 0 saturated carbocycles. The van der Waals surface area contributed by atoms with Crippen LogP contribution in [0.3, 0.4) is 0 Å². The standard InChI is InChI=1S/C11H10BrN3O/c1-15-10(6-7-13-15)14-11(16)8-4-2-3-5-9(8)12/h2-7H,1H3,(H,14,16). The van der Waals surface area contributed by atoms with Gasteiger partial charge in [-0.1, -0.05) is 12.1 Å². The first kappa shape index (κ1) is 10.9. The van der Waals surface area contributed by atoms with Crippen molar-refractivity contribution in [1.82, 2.24) is 9.78 Å². The highest BCUT2D eigenvalue weighted by molar-refractivity contribution is 9.10. The van der Waals surface area contributed by atoms with E-state index < -0.39 is 0 Å². The lowest BCUT2D eigenvalue weighted by Crippen LogP contribution is -2.14. The number of amides is 1. The van der Waals surface area contributed by atoms with Crippen molar-refractivity contribution in [3.63, 3.8) is 0 Å². The number of nitrogens with zero attached hydrogens (tertiary/aromatic N) is 2. The summed E-state index contributed by atoms with van der Waals surface area (Å²) in [6.07, 6.45) is 1.63. The molecule has 16 heavy (non-hydrogen) atoms. The van der Waals surface area contributed by atoms with Crippen molar-refractivity contribution in [2.75, 3.05) is 5.32 Å². The summed E-state index contributed by atoms with van der Waals surface area (Å²) in [6.45, 7) is 0. The van der Waals surface area contributed by atoms with Crippen LogP contribution in [0.5, 0.6) is 0 Å². The molecular formula is C11H10BrN3O. The van der Waals surface area contributed by atoms with Crippen LogP contribution in [0.4, 0.5) is 5.82 Å². The van der Waals surface area contributed by atoms with Gasteiger partial charge in [-0.05, 0) is 28.1 Å². The van der Waals surface area contributed by atoms with Crippen LogP contribution >= 0.6 is 15.9 Å². The number of benzene rings is 1. The van der Waals surface area contributed by atoms with Gasteiger partial charge in [0.2, 0.25) is 0 Å². The van der Waals surface area contributed by atoms with Crippen molar-refractivity contribution in [2.24, 2.45) is 7.05 Å². The van der Waals surface area contributed by atoms with Crippen molar-refractivity contribution in [3.05, 3.63) is 46.6 Å².